The van der Waals surface area contributed by atoms with Gasteiger partial charge < -0.3 is 55.9 Å². The summed E-state index contributed by atoms with van der Waals surface area (Å²) in [5, 5.41) is 36.4. The van der Waals surface area contributed by atoms with E-state index >= 15 is 0 Å². The minimum Gasteiger partial charge on any atom is -0.506 e. The molecule has 0 radical (unpaired) electrons. The Morgan fingerprint density at radius 3 is 2.11 bits per heavy atom. The van der Waals surface area contributed by atoms with Crippen LogP contribution in [-0.4, -0.2) is 179 Å². The molecular formula is C59H91N9O15S. The van der Waals surface area contributed by atoms with Crippen molar-refractivity contribution in [2.24, 2.45) is 17.8 Å². The monoisotopic (exact) mass is 1200 g/mol. The molecule has 25 heteroatoms. The number of unbranched alkanes of at least 4 members (excludes halogenated alkanes) is 2. The number of carbonyl (C=O) groups excluding carboxylic acids is 9. The number of aromatic hydroxyl groups is 1. The van der Waals surface area contributed by atoms with Crippen LogP contribution in [0.2, 0.25) is 0 Å². The predicted molar refractivity (Wildman–Crippen MR) is 315 cm³/mol. The number of ether oxygens (including phenoxy) is 3. The number of nitrogens with zero attached hydrogens (tertiary/aromatic N) is 4. The lowest BCUT2D eigenvalue weighted by molar-refractivity contribution is -0.149. The van der Waals surface area contributed by atoms with Gasteiger partial charge in [-0.2, -0.15) is 0 Å². The van der Waals surface area contributed by atoms with E-state index in [2.05, 4.69) is 31.6 Å². The Balaban J connectivity index is 1.57. The van der Waals surface area contributed by atoms with Crippen molar-refractivity contribution in [3.63, 3.8) is 0 Å². The molecule has 7 atom stereocenters. The first kappa shape index (κ1) is 71.4. The summed E-state index contributed by atoms with van der Waals surface area (Å²) >= 11 is 1.08. The lowest BCUT2D eigenvalue weighted by Crippen LogP contribution is -2.60. The number of aromatic nitrogens is 1. The van der Waals surface area contributed by atoms with Gasteiger partial charge in [0.1, 0.15) is 28.5 Å². The van der Waals surface area contributed by atoms with E-state index in [0.717, 1.165) is 35.5 Å². The molecule has 0 fully saturated rings. The van der Waals surface area contributed by atoms with E-state index < -0.39 is 77.3 Å². The SMILES string of the molecule is CCCCC[C@H](NC(=O)CCCN1C(=O)C=CC1=O)C(=O)NCCOCCOCCC(=O)Nc1cc(C[C@@H](CC(C)C(=O)O)NC(=O)c2csc([C@@H](C[C@H](C(C)C)N(C)C(=O)[C@@H](NC(=O)C(C)(C)N(C)C)[C@@H](C)CC)OC(C)=O)n2)ccc1O. The second kappa shape index (κ2) is 35.5. The Morgan fingerprint density at radius 2 is 1.50 bits per heavy atom. The number of aliphatic carboxylic acids is 1. The van der Waals surface area contributed by atoms with Crippen LogP contribution in [0.4, 0.5) is 5.69 Å². The molecule has 0 saturated heterocycles. The average molecular weight is 1200 g/mol. The summed E-state index contributed by atoms with van der Waals surface area (Å²) in [5.74, 6) is -6.45. The van der Waals surface area contributed by atoms with Crippen LogP contribution in [0.1, 0.15) is 154 Å². The van der Waals surface area contributed by atoms with Crippen molar-refractivity contribution in [2.45, 2.75) is 169 Å². The number of rotatable bonds is 39. The Bertz CT molecular complexity index is 2570. The van der Waals surface area contributed by atoms with Gasteiger partial charge in [-0.25, -0.2) is 4.98 Å². The van der Waals surface area contributed by atoms with Crippen molar-refractivity contribution in [1.29, 1.82) is 0 Å². The highest BCUT2D eigenvalue weighted by Gasteiger charge is 2.39. The van der Waals surface area contributed by atoms with Crippen molar-refractivity contribution >= 4 is 76.2 Å². The van der Waals surface area contributed by atoms with Crippen LogP contribution in [0.25, 0.3) is 0 Å². The van der Waals surface area contributed by atoms with Gasteiger partial charge in [0.25, 0.3) is 17.7 Å². The zero-order valence-electron chi connectivity index (χ0n) is 51.0. The molecule has 24 nitrogen and oxygen atoms in total. The summed E-state index contributed by atoms with van der Waals surface area (Å²) in [6.45, 7) is 16.7. The van der Waals surface area contributed by atoms with E-state index in [9.17, 15) is 58.2 Å². The van der Waals surface area contributed by atoms with Gasteiger partial charge in [0.15, 0.2) is 6.10 Å². The standard InChI is InChI=1S/C59H91N9O15S/c1-13-15-16-18-42(62-48(71)19-17-26-68-50(73)22-23-51(68)74)53(75)60-25-28-82-30-29-81-27-24-49(72)63-43-33-40(20-21-46(43)70)32-41(31-38(6)57(78)79)61-54(76)44-35-84-55(64-44)47(83-39(7)69)34-45(36(3)4)67(12)56(77)52(37(5)14-2)65-58(80)59(8,9)66(10)11/h20-23,33,35-38,41-42,45,47,52,70H,13-19,24-32,34H2,1-12H3,(H,60,75)(H,61,76)(H,62,71)(H,63,72)(H,65,80)(H,78,79)/t37-,38?,41+,42-,45+,47+,52-/m0/s1. The highest BCUT2D eigenvalue weighted by Crippen LogP contribution is 2.32. The van der Waals surface area contributed by atoms with Gasteiger partial charge in [-0.15, -0.1) is 11.3 Å². The topological polar surface area (TPSA) is 322 Å². The van der Waals surface area contributed by atoms with Crippen LogP contribution in [0.5, 0.6) is 5.75 Å². The smallest absolute Gasteiger partial charge is 0.306 e. The number of phenolic OH excluding ortho intramolecular Hbond substituents is 1. The number of thiazole rings is 1. The third-order valence-electron chi connectivity index (χ3n) is 14.9. The number of benzene rings is 1. The number of hydrogen-bond donors (Lipinski definition) is 7. The Hall–Kier alpha value is -6.83. The third-order valence-corrected chi connectivity index (χ3v) is 15.8. The molecule has 0 saturated carbocycles. The van der Waals surface area contributed by atoms with E-state index in [4.69, 9.17) is 14.2 Å². The van der Waals surface area contributed by atoms with Gasteiger partial charge >= 0.3 is 11.9 Å². The first-order valence-electron chi connectivity index (χ1n) is 28.9. The van der Waals surface area contributed by atoms with Gasteiger partial charge in [-0.1, -0.05) is 73.3 Å². The average Bonchev–Trinajstić information content (AvgIpc) is 4.23. The second-order valence-electron chi connectivity index (χ2n) is 22.4. The normalized spacial score (nSPS) is 15.0. The maximum Gasteiger partial charge on any atom is 0.306 e. The van der Waals surface area contributed by atoms with Gasteiger partial charge in [-0.3, -0.25) is 57.7 Å². The number of imide groups is 1. The molecule has 0 spiro atoms. The number of carboxylic acid groups (broad SMARTS) is 1. The maximum absolute atomic E-state index is 14.3. The number of hydrogen-bond acceptors (Lipinski definition) is 17. The molecule has 0 aliphatic carbocycles. The summed E-state index contributed by atoms with van der Waals surface area (Å²) in [6.07, 6.45) is 5.41. The van der Waals surface area contributed by atoms with Crippen LogP contribution in [0.15, 0.2) is 35.7 Å². The van der Waals surface area contributed by atoms with Gasteiger partial charge in [-0.05, 0) is 83.2 Å². The Labute approximate surface area is 497 Å². The van der Waals surface area contributed by atoms with Crippen LogP contribution >= 0.6 is 11.3 Å². The molecule has 2 heterocycles. The lowest BCUT2D eigenvalue weighted by atomic mass is 9.92. The summed E-state index contributed by atoms with van der Waals surface area (Å²) < 4.78 is 16.9. The highest BCUT2D eigenvalue weighted by atomic mass is 32.1. The van der Waals surface area contributed by atoms with Crippen molar-refractivity contribution in [3.8, 4) is 5.75 Å². The van der Waals surface area contributed by atoms with Gasteiger partial charge in [0, 0.05) is 69.5 Å². The minimum atomic E-state index is -1.09. The van der Waals surface area contributed by atoms with Gasteiger partial charge in [0.2, 0.25) is 29.5 Å². The van der Waals surface area contributed by atoms with Crippen molar-refractivity contribution in [2.75, 3.05) is 66.0 Å². The molecule has 8 amide bonds. The molecule has 1 aliphatic heterocycles. The highest BCUT2D eigenvalue weighted by molar-refractivity contribution is 7.09. The fraction of sp³-hybridized carbons (Fsp3) is 0.644. The fourth-order valence-corrected chi connectivity index (χ4v) is 9.79. The number of phenols is 1. The zero-order chi connectivity index (χ0) is 62.8. The molecule has 3 rings (SSSR count). The van der Waals surface area contributed by atoms with E-state index in [0.29, 0.717) is 23.4 Å². The summed E-state index contributed by atoms with van der Waals surface area (Å²) in [5.41, 5.74) is -0.281. The third kappa shape index (κ3) is 23.3. The summed E-state index contributed by atoms with van der Waals surface area (Å²) in [4.78, 5) is 138. The minimum absolute atomic E-state index is 0.00288. The zero-order valence-corrected chi connectivity index (χ0v) is 51.8. The molecule has 1 aliphatic rings. The molecule has 1 unspecified atom stereocenters. The van der Waals surface area contributed by atoms with Crippen molar-refractivity contribution in [1.82, 2.24) is 41.0 Å². The number of likely N-dealkylation sites (N-methyl/N-ethyl adjacent to an activating group) is 2. The number of carboxylic acids is 1. The molecule has 1 aromatic heterocycles. The Kier molecular flexibility index (Phi) is 30.2. The van der Waals surface area contributed by atoms with E-state index in [-0.39, 0.29) is 131 Å². The van der Waals surface area contributed by atoms with E-state index in [1.165, 1.54) is 43.5 Å². The number of nitrogens with one attached hydrogen (secondary N) is 5. The van der Waals surface area contributed by atoms with Crippen LogP contribution in [0, 0.1) is 17.8 Å². The summed E-state index contributed by atoms with van der Waals surface area (Å²) in [7, 11) is 5.23. The first-order valence-corrected chi connectivity index (χ1v) is 29.8. The second-order valence-corrected chi connectivity index (χ2v) is 23.2. The van der Waals surface area contributed by atoms with Crippen molar-refractivity contribution < 1.29 is 72.4 Å². The van der Waals surface area contributed by atoms with Crippen LogP contribution in [-0.2, 0) is 63.8 Å². The molecule has 0 bridgehead atoms. The molecule has 84 heavy (non-hydrogen) atoms. The Morgan fingerprint density at radius 1 is 0.833 bits per heavy atom. The first-order chi connectivity index (χ1) is 39.6. The number of amides is 8. The quantitative estimate of drug-likeness (QED) is 0.0203. The molecule has 468 valence electrons. The molecule has 7 N–H and O–H groups in total. The van der Waals surface area contributed by atoms with Gasteiger partial charge in [0.05, 0.1) is 50.0 Å². The molecule has 2 aromatic rings. The van der Waals surface area contributed by atoms with E-state index in [1.807, 2.05) is 34.6 Å². The maximum atomic E-state index is 14.3. The number of anilines is 1. The largest absolute Gasteiger partial charge is 0.506 e. The number of esters is 1. The molecule has 1 aromatic carbocycles. The van der Waals surface area contributed by atoms with Crippen molar-refractivity contribution in [3.05, 3.63) is 52.0 Å². The molecular weight excluding hydrogens is 1110 g/mol. The number of carbonyl (C=O) groups is 10. The van der Waals surface area contributed by atoms with E-state index in [1.54, 1.807) is 50.9 Å². The predicted octanol–water partition coefficient (Wildman–Crippen LogP) is 4.90. The van der Waals surface area contributed by atoms with Crippen LogP contribution in [0.3, 0.4) is 0 Å². The fourth-order valence-electron chi connectivity index (χ4n) is 8.95. The summed E-state index contributed by atoms with van der Waals surface area (Å²) in [6, 6.07) is 1.61. The van der Waals surface area contributed by atoms with Crippen LogP contribution < -0.4 is 26.6 Å². The lowest BCUT2D eigenvalue weighted by Gasteiger charge is -2.38.